The highest BCUT2D eigenvalue weighted by molar-refractivity contribution is 5.77. The molecule has 0 aromatic heterocycles. The van der Waals surface area contributed by atoms with E-state index in [4.69, 9.17) is 4.74 Å². The van der Waals surface area contributed by atoms with Crippen molar-refractivity contribution >= 4 is 5.91 Å². The summed E-state index contributed by atoms with van der Waals surface area (Å²) in [5.41, 5.74) is 1.25. The van der Waals surface area contributed by atoms with Crippen molar-refractivity contribution in [2.24, 2.45) is 5.92 Å². The van der Waals surface area contributed by atoms with Gasteiger partial charge in [-0.2, -0.15) is 0 Å². The number of ether oxygens (including phenoxy) is 1. The second kappa shape index (κ2) is 9.07. The van der Waals surface area contributed by atoms with Gasteiger partial charge in [-0.3, -0.25) is 4.79 Å². The first-order chi connectivity index (χ1) is 11.5. The molecule has 134 valence electrons. The normalized spacial score (nSPS) is 18.5. The molecule has 4 nitrogen and oxygen atoms in total. The van der Waals surface area contributed by atoms with E-state index in [0.717, 1.165) is 44.8 Å². The van der Waals surface area contributed by atoms with Gasteiger partial charge in [0, 0.05) is 32.1 Å². The van der Waals surface area contributed by atoms with Crippen molar-refractivity contribution in [3.05, 3.63) is 29.8 Å². The Labute approximate surface area is 146 Å². The number of amides is 1. The molecular formula is C20H32N2O2. The smallest absolute Gasteiger partial charge is 0.222 e. The number of carbonyl (C=O) groups excluding carboxylic acids is 1. The molecule has 1 aliphatic rings. The standard InChI is InChI=1S/C20H32N2O2/c1-16(2)22-15-18(8-11-20(22)23)14-21(4)12-5-13-24-19-9-6-17(3)7-10-19/h6-7,9-10,16,18H,5,8,11-15H2,1-4H3. The largest absolute Gasteiger partial charge is 0.494 e. The first kappa shape index (κ1) is 18.8. The molecule has 0 saturated carbocycles. The molecule has 2 rings (SSSR count). The molecule has 1 aliphatic heterocycles. The molecule has 1 unspecified atom stereocenters. The second-order valence-corrected chi connectivity index (χ2v) is 7.32. The molecule has 0 N–H and O–H groups in total. The third-order valence-corrected chi connectivity index (χ3v) is 4.71. The summed E-state index contributed by atoms with van der Waals surface area (Å²) in [5, 5.41) is 0. The van der Waals surface area contributed by atoms with Crippen LogP contribution in [0.4, 0.5) is 0 Å². The van der Waals surface area contributed by atoms with Crippen LogP contribution in [0.3, 0.4) is 0 Å². The molecule has 0 aliphatic carbocycles. The lowest BCUT2D eigenvalue weighted by Crippen LogP contribution is -2.46. The molecule has 0 radical (unpaired) electrons. The number of carbonyl (C=O) groups is 1. The van der Waals surface area contributed by atoms with Gasteiger partial charge in [-0.1, -0.05) is 17.7 Å². The third kappa shape index (κ3) is 5.82. The fourth-order valence-corrected chi connectivity index (χ4v) is 3.28. The van der Waals surface area contributed by atoms with E-state index in [1.165, 1.54) is 5.56 Å². The molecule has 1 saturated heterocycles. The van der Waals surface area contributed by atoms with Crippen molar-refractivity contribution in [3.8, 4) is 5.75 Å². The zero-order valence-corrected chi connectivity index (χ0v) is 15.6. The van der Waals surface area contributed by atoms with Crippen molar-refractivity contribution in [1.29, 1.82) is 0 Å². The molecule has 1 heterocycles. The fourth-order valence-electron chi connectivity index (χ4n) is 3.28. The van der Waals surface area contributed by atoms with E-state index in [9.17, 15) is 4.79 Å². The van der Waals surface area contributed by atoms with Crippen LogP contribution in [0.5, 0.6) is 5.75 Å². The van der Waals surface area contributed by atoms with Gasteiger partial charge in [-0.15, -0.1) is 0 Å². The van der Waals surface area contributed by atoms with E-state index in [1.807, 2.05) is 17.0 Å². The van der Waals surface area contributed by atoms with E-state index >= 15 is 0 Å². The highest BCUT2D eigenvalue weighted by Gasteiger charge is 2.27. The summed E-state index contributed by atoms with van der Waals surface area (Å²) in [4.78, 5) is 16.3. The van der Waals surface area contributed by atoms with Crippen molar-refractivity contribution in [3.63, 3.8) is 0 Å². The van der Waals surface area contributed by atoms with Crippen LogP contribution in [0.1, 0.15) is 38.7 Å². The van der Waals surface area contributed by atoms with Gasteiger partial charge in [0.1, 0.15) is 5.75 Å². The predicted molar refractivity (Wildman–Crippen MR) is 98.4 cm³/mol. The van der Waals surface area contributed by atoms with Crippen LogP contribution < -0.4 is 4.74 Å². The lowest BCUT2D eigenvalue weighted by Gasteiger charge is -2.37. The van der Waals surface area contributed by atoms with Gasteiger partial charge in [0.05, 0.1) is 6.61 Å². The minimum atomic E-state index is 0.313. The summed E-state index contributed by atoms with van der Waals surface area (Å²) < 4.78 is 5.78. The maximum Gasteiger partial charge on any atom is 0.222 e. The summed E-state index contributed by atoms with van der Waals surface area (Å²) in [5.74, 6) is 1.85. The Balaban J connectivity index is 1.65. The fraction of sp³-hybridized carbons (Fsp3) is 0.650. The number of piperidine rings is 1. The topological polar surface area (TPSA) is 32.8 Å². The molecule has 1 amide bonds. The molecule has 4 heteroatoms. The highest BCUT2D eigenvalue weighted by atomic mass is 16.5. The van der Waals surface area contributed by atoms with Gasteiger partial charge in [0.25, 0.3) is 0 Å². The van der Waals surface area contributed by atoms with E-state index in [2.05, 4.69) is 44.9 Å². The SMILES string of the molecule is Cc1ccc(OCCCN(C)CC2CCC(=O)N(C(C)C)C2)cc1. The number of hydrogen-bond donors (Lipinski definition) is 0. The van der Waals surface area contributed by atoms with Crippen LogP contribution in [0.2, 0.25) is 0 Å². The van der Waals surface area contributed by atoms with Gasteiger partial charge < -0.3 is 14.5 Å². The second-order valence-electron chi connectivity index (χ2n) is 7.32. The molecule has 0 bridgehead atoms. The van der Waals surface area contributed by atoms with E-state index in [-0.39, 0.29) is 0 Å². The maximum absolute atomic E-state index is 11.9. The number of nitrogens with zero attached hydrogens (tertiary/aromatic N) is 2. The first-order valence-electron chi connectivity index (χ1n) is 9.13. The van der Waals surface area contributed by atoms with Gasteiger partial charge >= 0.3 is 0 Å². The van der Waals surface area contributed by atoms with Crippen LogP contribution >= 0.6 is 0 Å². The molecule has 0 spiro atoms. The Morgan fingerprint density at radius 2 is 2.00 bits per heavy atom. The zero-order valence-electron chi connectivity index (χ0n) is 15.6. The lowest BCUT2D eigenvalue weighted by molar-refractivity contribution is -0.136. The highest BCUT2D eigenvalue weighted by Crippen LogP contribution is 2.20. The summed E-state index contributed by atoms with van der Waals surface area (Å²) >= 11 is 0. The summed E-state index contributed by atoms with van der Waals surface area (Å²) in [6.45, 7) is 10.0. The van der Waals surface area contributed by atoms with E-state index < -0.39 is 0 Å². The molecule has 1 atom stereocenters. The minimum Gasteiger partial charge on any atom is -0.494 e. The minimum absolute atomic E-state index is 0.313. The molecule has 24 heavy (non-hydrogen) atoms. The number of benzene rings is 1. The van der Waals surface area contributed by atoms with E-state index in [0.29, 0.717) is 24.3 Å². The Hall–Kier alpha value is -1.55. The van der Waals surface area contributed by atoms with Crippen molar-refractivity contribution in [1.82, 2.24) is 9.80 Å². The Bertz CT molecular complexity index is 513. The van der Waals surface area contributed by atoms with Crippen LogP contribution in [0.15, 0.2) is 24.3 Å². The number of hydrogen-bond acceptors (Lipinski definition) is 3. The molecule has 1 aromatic carbocycles. The van der Waals surface area contributed by atoms with Crippen molar-refractivity contribution in [2.45, 2.75) is 46.1 Å². The zero-order chi connectivity index (χ0) is 17.5. The van der Waals surface area contributed by atoms with Gasteiger partial charge in [-0.25, -0.2) is 0 Å². The number of likely N-dealkylation sites (tertiary alicyclic amines) is 1. The number of rotatable bonds is 8. The van der Waals surface area contributed by atoms with Gasteiger partial charge in [-0.05, 0) is 58.7 Å². The summed E-state index contributed by atoms with van der Waals surface area (Å²) in [6.07, 6.45) is 2.74. The van der Waals surface area contributed by atoms with Crippen LogP contribution in [0, 0.1) is 12.8 Å². The monoisotopic (exact) mass is 332 g/mol. The molecule has 1 aromatic rings. The predicted octanol–water partition coefficient (Wildman–Crippen LogP) is 3.34. The first-order valence-corrected chi connectivity index (χ1v) is 9.13. The van der Waals surface area contributed by atoms with Crippen LogP contribution in [0.25, 0.3) is 0 Å². The Morgan fingerprint density at radius 1 is 1.29 bits per heavy atom. The quantitative estimate of drug-likeness (QED) is 0.685. The van der Waals surface area contributed by atoms with Gasteiger partial charge in [0.15, 0.2) is 0 Å². The number of aryl methyl sites for hydroxylation is 1. The summed E-state index contributed by atoms with van der Waals surface area (Å²) in [6, 6.07) is 8.52. The molecule has 1 fully saturated rings. The average Bonchev–Trinajstić information content (AvgIpc) is 2.55. The lowest BCUT2D eigenvalue weighted by atomic mass is 9.96. The Morgan fingerprint density at radius 3 is 2.67 bits per heavy atom. The maximum atomic E-state index is 11.9. The van der Waals surface area contributed by atoms with Crippen LogP contribution in [-0.2, 0) is 4.79 Å². The van der Waals surface area contributed by atoms with Crippen molar-refractivity contribution in [2.75, 3.05) is 33.3 Å². The van der Waals surface area contributed by atoms with Gasteiger partial charge in [0.2, 0.25) is 5.91 Å². The average molecular weight is 332 g/mol. The third-order valence-electron chi connectivity index (χ3n) is 4.71. The Kier molecular flexibility index (Phi) is 7.10. The van der Waals surface area contributed by atoms with Crippen LogP contribution in [-0.4, -0.2) is 55.0 Å². The molecular weight excluding hydrogens is 300 g/mol. The van der Waals surface area contributed by atoms with Crippen molar-refractivity contribution < 1.29 is 9.53 Å². The summed E-state index contributed by atoms with van der Waals surface area (Å²) in [7, 11) is 2.17. The van der Waals surface area contributed by atoms with E-state index in [1.54, 1.807) is 0 Å².